The maximum Gasteiger partial charge on any atom is 0.261 e. The molecule has 27 heavy (non-hydrogen) atoms. The van der Waals surface area contributed by atoms with Crippen LogP contribution in [0.1, 0.15) is 51.5 Å². The van der Waals surface area contributed by atoms with Gasteiger partial charge in [0.2, 0.25) is 0 Å². The SMILES string of the molecule is CCC(Oc1ccccc1C(C)C)C(=O)NCC1(COC)CCNCC1.Cl. The monoisotopic (exact) mass is 398 g/mol. The molecule has 5 nitrogen and oxygen atoms in total. The molecule has 0 aliphatic carbocycles. The van der Waals surface area contributed by atoms with Crippen molar-refractivity contribution in [2.24, 2.45) is 5.41 Å². The van der Waals surface area contributed by atoms with E-state index in [2.05, 4.69) is 30.5 Å². The molecule has 0 spiro atoms. The van der Waals surface area contributed by atoms with Gasteiger partial charge in [0.05, 0.1) is 6.61 Å². The maximum atomic E-state index is 12.8. The Morgan fingerprint density at radius 1 is 1.26 bits per heavy atom. The van der Waals surface area contributed by atoms with Crippen LogP contribution in [0.5, 0.6) is 5.75 Å². The normalized spacial score (nSPS) is 17.1. The third-order valence-corrected chi connectivity index (χ3v) is 5.23. The zero-order chi connectivity index (χ0) is 19.0. The molecule has 1 amide bonds. The highest BCUT2D eigenvalue weighted by atomic mass is 35.5. The Labute approximate surface area is 170 Å². The number of carbonyl (C=O) groups is 1. The first-order valence-corrected chi connectivity index (χ1v) is 9.74. The van der Waals surface area contributed by atoms with Crippen molar-refractivity contribution in [2.45, 2.75) is 52.1 Å². The zero-order valence-corrected chi connectivity index (χ0v) is 17.9. The van der Waals surface area contributed by atoms with E-state index in [0.717, 1.165) is 37.2 Å². The second kappa shape index (κ2) is 11.5. The quantitative estimate of drug-likeness (QED) is 0.668. The van der Waals surface area contributed by atoms with Crippen LogP contribution in [0.4, 0.5) is 0 Å². The number of amides is 1. The van der Waals surface area contributed by atoms with Gasteiger partial charge in [-0.2, -0.15) is 0 Å². The second-order valence-electron chi connectivity index (χ2n) is 7.61. The van der Waals surface area contributed by atoms with E-state index >= 15 is 0 Å². The molecule has 1 heterocycles. The molecule has 154 valence electrons. The summed E-state index contributed by atoms with van der Waals surface area (Å²) in [6, 6.07) is 7.97. The Morgan fingerprint density at radius 2 is 1.93 bits per heavy atom. The van der Waals surface area contributed by atoms with Crippen LogP contribution in [0.2, 0.25) is 0 Å². The van der Waals surface area contributed by atoms with E-state index < -0.39 is 6.10 Å². The van der Waals surface area contributed by atoms with Gasteiger partial charge in [-0.3, -0.25) is 4.79 Å². The molecule has 1 atom stereocenters. The topological polar surface area (TPSA) is 59.6 Å². The van der Waals surface area contributed by atoms with Crippen LogP contribution in [0.15, 0.2) is 24.3 Å². The van der Waals surface area contributed by atoms with E-state index in [9.17, 15) is 4.79 Å². The summed E-state index contributed by atoms with van der Waals surface area (Å²) in [5.74, 6) is 1.12. The number of para-hydroxylation sites is 1. The molecule has 6 heteroatoms. The van der Waals surface area contributed by atoms with E-state index in [1.54, 1.807) is 7.11 Å². The summed E-state index contributed by atoms with van der Waals surface area (Å²) >= 11 is 0. The van der Waals surface area contributed by atoms with Crippen LogP contribution in [0.25, 0.3) is 0 Å². The van der Waals surface area contributed by atoms with E-state index in [1.807, 2.05) is 25.1 Å². The predicted octanol–water partition coefficient (Wildman–Crippen LogP) is 3.52. The fraction of sp³-hybridized carbons (Fsp3) is 0.667. The van der Waals surface area contributed by atoms with Crippen molar-refractivity contribution in [2.75, 3.05) is 33.4 Å². The van der Waals surface area contributed by atoms with E-state index in [4.69, 9.17) is 9.47 Å². The van der Waals surface area contributed by atoms with Crippen LogP contribution >= 0.6 is 12.4 Å². The fourth-order valence-corrected chi connectivity index (χ4v) is 3.56. The smallest absolute Gasteiger partial charge is 0.261 e. The largest absolute Gasteiger partial charge is 0.480 e. The van der Waals surface area contributed by atoms with Gasteiger partial charge in [-0.1, -0.05) is 39.0 Å². The molecule has 1 aliphatic heterocycles. The average molecular weight is 399 g/mol. The number of piperidine rings is 1. The van der Waals surface area contributed by atoms with Gasteiger partial charge in [-0.05, 0) is 49.9 Å². The lowest BCUT2D eigenvalue weighted by Gasteiger charge is -2.37. The minimum Gasteiger partial charge on any atom is -0.480 e. The number of halogens is 1. The summed E-state index contributed by atoms with van der Waals surface area (Å²) in [6.07, 6.45) is 2.18. The minimum atomic E-state index is -0.476. The summed E-state index contributed by atoms with van der Waals surface area (Å²) in [6.45, 7) is 9.49. The van der Waals surface area contributed by atoms with Gasteiger partial charge in [0.25, 0.3) is 5.91 Å². The molecule has 0 aromatic heterocycles. The summed E-state index contributed by atoms with van der Waals surface area (Å²) < 4.78 is 11.5. The number of nitrogens with one attached hydrogen (secondary N) is 2. The fourth-order valence-electron chi connectivity index (χ4n) is 3.56. The molecular weight excluding hydrogens is 364 g/mol. The van der Waals surface area contributed by atoms with Crippen LogP contribution in [-0.2, 0) is 9.53 Å². The molecule has 1 fully saturated rings. The maximum absolute atomic E-state index is 12.8. The number of carbonyl (C=O) groups excluding carboxylic acids is 1. The van der Waals surface area contributed by atoms with Crippen molar-refractivity contribution in [3.63, 3.8) is 0 Å². The summed E-state index contributed by atoms with van der Waals surface area (Å²) in [7, 11) is 1.73. The highest BCUT2D eigenvalue weighted by Crippen LogP contribution is 2.29. The number of benzene rings is 1. The Balaban J connectivity index is 0.00000364. The first-order valence-electron chi connectivity index (χ1n) is 9.74. The van der Waals surface area contributed by atoms with E-state index in [1.165, 1.54) is 0 Å². The minimum absolute atomic E-state index is 0. The Morgan fingerprint density at radius 3 is 2.52 bits per heavy atom. The summed E-state index contributed by atoms with van der Waals surface area (Å²) in [4.78, 5) is 12.8. The van der Waals surface area contributed by atoms with Crippen molar-refractivity contribution in [3.05, 3.63) is 29.8 Å². The van der Waals surface area contributed by atoms with Crippen molar-refractivity contribution >= 4 is 18.3 Å². The molecule has 2 N–H and O–H groups in total. The molecule has 1 aliphatic rings. The molecule has 2 rings (SSSR count). The molecular formula is C21H35ClN2O3. The standard InChI is InChI=1S/C21H34N2O3.ClH/c1-5-18(26-19-9-7-6-8-17(19)16(2)3)20(24)23-14-21(15-25-4)10-12-22-13-11-21;/h6-9,16,18,22H,5,10-15H2,1-4H3,(H,23,24);1H. The first kappa shape index (κ1) is 23.7. The highest BCUT2D eigenvalue weighted by Gasteiger charge is 2.33. The average Bonchev–Trinajstić information content (AvgIpc) is 2.65. The molecule has 0 saturated carbocycles. The summed E-state index contributed by atoms with van der Waals surface area (Å²) in [5, 5.41) is 6.50. The van der Waals surface area contributed by atoms with Gasteiger partial charge < -0.3 is 20.1 Å². The second-order valence-corrected chi connectivity index (χ2v) is 7.61. The van der Waals surface area contributed by atoms with Gasteiger partial charge in [0, 0.05) is 19.1 Å². The third kappa shape index (κ3) is 6.66. The van der Waals surface area contributed by atoms with Gasteiger partial charge in [0.1, 0.15) is 5.75 Å². The van der Waals surface area contributed by atoms with Gasteiger partial charge >= 0.3 is 0 Å². The van der Waals surface area contributed by atoms with E-state index in [0.29, 0.717) is 25.5 Å². The summed E-state index contributed by atoms with van der Waals surface area (Å²) in [5.41, 5.74) is 1.15. The molecule has 0 radical (unpaired) electrons. The van der Waals surface area contributed by atoms with Gasteiger partial charge in [0.15, 0.2) is 6.10 Å². The third-order valence-electron chi connectivity index (χ3n) is 5.23. The first-order chi connectivity index (χ1) is 12.5. The lowest BCUT2D eigenvalue weighted by Crippen LogP contribution is -2.49. The number of methoxy groups -OCH3 is 1. The Kier molecular flexibility index (Phi) is 10.1. The van der Waals surface area contributed by atoms with Gasteiger partial charge in [-0.15, -0.1) is 12.4 Å². The van der Waals surface area contributed by atoms with Gasteiger partial charge in [-0.25, -0.2) is 0 Å². The lowest BCUT2D eigenvalue weighted by atomic mass is 9.79. The van der Waals surface area contributed by atoms with Crippen molar-refractivity contribution in [3.8, 4) is 5.75 Å². The van der Waals surface area contributed by atoms with Crippen LogP contribution in [-0.4, -0.2) is 45.4 Å². The molecule has 1 unspecified atom stereocenters. The molecule has 1 aromatic carbocycles. The number of ether oxygens (including phenoxy) is 2. The molecule has 1 aromatic rings. The molecule has 1 saturated heterocycles. The van der Waals surface area contributed by atoms with Crippen molar-refractivity contribution in [1.29, 1.82) is 0 Å². The van der Waals surface area contributed by atoms with Crippen LogP contribution in [0, 0.1) is 5.41 Å². The number of rotatable bonds is 9. The van der Waals surface area contributed by atoms with Crippen molar-refractivity contribution in [1.82, 2.24) is 10.6 Å². The Bertz CT molecular complexity index is 569. The van der Waals surface area contributed by atoms with Crippen LogP contribution in [0.3, 0.4) is 0 Å². The zero-order valence-electron chi connectivity index (χ0n) is 17.0. The highest BCUT2D eigenvalue weighted by molar-refractivity contribution is 5.85. The van der Waals surface area contributed by atoms with E-state index in [-0.39, 0.29) is 23.7 Å². The van der Waals surface area contributed by atoms with Crippen molar-refractivity contribution < 1.29 is 14.3 Å². The number of hydrogen-bond acceptors (Lipinski definition) is 4. The number of hydrogen-bond donors (Lipinski definition) is 2. The van der Waals surface area contributed by atoms with Crippen LogP contribution < -0.4 is 15.4 Å². The predicted molar refractivity (Wildman–Crippen MR) is 112 cm³/mol. The molecule has 0 bridgehead atoms. The lowest BCUT2D eigenvalue weighted by molar-refractivity contribution is -0.129. The Hall–Kier alpha value is -1.30.